The predicted molar refractivity (Wildman–Crippen MR) is 126 cm³/mol. The number of amides is 1. The quantitative estimate of drug-likeness (QED) is 0.436. The topological polar surface area (TPSA) is 147 Å². The number of nitrogens with one attached hydrogen (secondary N) is 1. The van der Waals surface area contributed by atoms with E-state index in [2.05, 4.69) is 26.5 Å². The molecule has 176 valence electrons. The first-order valence-corrected chi connectivity index (χ1v) is 10.7. The smallest absolute Gasteiger partial charge is 0.296 e. The molecule has 0 unspecified atom stereocenters. The van der Waals surface area contributed by atoms with Crippen LogP contribution in [0.4, 0.5) is 5.69 Å². The molecule has 0 aliphatic rings. The zero-order valence-corrected chi connectivity index (χ0v) is 19.3. The fourth-order valence-electron chi connectivity index (χ4n) is 4.05. The molecule has 0 fully saturated rings. The van der Waals surface area contributed by atoms with Crippen molar-refractivity contribution in [2.75, 3.05) is 5.32 Å². The van der Waals surface area contributed by atoms with Crippen LogP contribution >= 0.6 is 0 Å². The second-order valence-electron chi connectivity index (χ2n) is 8.10. The Labute approximate surface area is 200 Å². The Bertz CT molecular complexity index is 1470. The first kappa shape index (κ1) is 23.4. The van der Waals surface area contributed by atoms with Gasteiger partial charge in [-0.3, -0.25) is 19.1 Å². The van der Waals surface area contributed by atoms with Crippen LogP contribution in [0.2, 0.25) is 0 Å². The number of aromatic nitrogens is 4. The number of carbonyl (C=O) groups is 1. The molecule has 3 aromatic heterocycles. The normalized spacial score (nSPS) is 12.5. The Kier molecular flexibility index (Phi) is 6.42. The lowest BCUT2D eigenvalue weighted by molar-refractivity contribution is 0.101. The zero-order valence-electron chi connectivity index (χ0n) is 19.3. The monoisotopic (exact) mass is 470 g/mol. The largest absolute Gasteiger partial charge is 0.501 e. The first-order valence-electron chi connectivity index (χ1n) is 10.7. The number of hydrogen-bond donors (Lipinski definition) is 2. The summed E-state index contributed by atoms with van der Waals surface area (Å²) < 4.78 is 5.91. The van der Waals surface area contributed by atoms with Gasteiger partial charge < -0.3 is 14.9 Å². The molecular weight excluding hydrogens is 448 g/mol. The maximum atomic E-state index is 12.9. The summed E-state index contributed by atoms with van der Waals surface area (Å²) in [6, 6.07) is 13.2. The van der Waals surface area contributed by atoms with E-state index in [1.807, 2.05) is 38.1 Å². The van der Waals surface area contributed by atoms with Crippen molar-refractivity contribution in [1.29, 1.82) is 5.26 Å². The molecule has 0 saturated carbocycles. The number of hydrogen-bond acceptors (Lipinski definition) is 8. The van der Waals surface area contributed by atoms with Crippen LogP contribution in [0.25, 0.3) is 0 Å². The van der Waals surface area contributed by atoms with Crippen LogP contribution in [0.1, 0.15) is 57.5 Å². The van der Waals surface area contributed by atoms with Crippen LogP contribution in [0.15, 0.2) is 64.4 Å². The standard InChI is InChI=1S/C25H22N6O4/c1-14-8-9-17(11-27-14)20(19-7-5-4-6-16(19)10-26)15(2)23-30-21(22(32)25(34)31(23)3)24(33)29-18-12-28-35-13-18/h4-9,11-13,15,20,32H,1-3H3,(H,29,33)/t15-,20-/m0/s1. The molecule has 0 aliphatic carbocycles. The minimum atomic E-state index is -0.789. The number of carbonyl (C=O) groups excluding carboxylic acids is 1. The minimum Gasteiger partial charge on any atom is -0.501 e. The van der Waals surface area contributed by atoms with Crippen molar-refractivity contribution in [3.05, 3.63) is 99.3 Å². The van der Waals surface area contributed by atoms with E-state index in [9.17, 15) is 20.0 Å². The average molecular weight is 470 g/mol. The van der Waals surface area contributed by atoms with Crippen LogP contribution in [0.3, 0.4) is 0 Å². The second-order valence-corrected chi connectivity index (χ2v) is 8.10. The van der Waals surface area contributed by atoms with Crippen molar-refractivity contribution >= 4 is 11.6 Å². The molecule has 2 atom stereocenters. The molecule has 10 heteroatoms. The van der Waals surface area contributed by atoms with Gasteiger partial charge in [0.15, 0.2) is 5.69 Å². The van der Waals surface area contributed by atoms with E-state index < -0.39 is 34.7 Å². The third-order valence-corrected chi connectivity index (χ3v) is 5.82. The molecule has 0 aliphatic heterocycles. The Balaban J connectivity index is 1.86. The molecule has 2 N–H and O–H groups in total. The molecule has 4 aromatic rings. The Morgan fingerprint density at radius 3 is 2.66 bits per heavy atom. The highest BCUT2D eigenvalue weighted by molar-refractivity contribution is 6.04. The molecular formula is C25H22N6O4. The summed E-state index contributed by atoms with van der Waals surface area (Å²) >= 11 is 0. The highest BCUT2D eigenvalue weighted by Gasteiger charge is 2.30. The van der Waals surface area contributed by atoms with Crippen molar-refractivity contribution in [3.63, 3.8) is 0 Å². The molecule has 1 aromatic carbocycles. The average Bonchev–Trinajstić information content (AvgIpc) is 3.37. The van der Waals surface area contributed by atoms with Gasteiger partial charge in [-0.15, -0.1) is 0 Å². The Morgan fingerprint density at radius 2 is 2.00 bits per heavy atom. The molecule has 4 rings (SSSR count). The molecule has 0 radical (unpaired) electrons. The summed E-state index contributed by atoms with van der Waals surface area (Å²) in [5, 5.41) is 26.2. The van der Waals surface area contributed by atoms with E-state index in [1.165, 1.54) is 24.1 Å². The second kappa shape index (κ2) is 9.61. The van der Waals surface area contributed by atoms with Crippen LogP contribution in [0.5, 0.6) is 5.75 Å². The van der Waals surface area contributed by atoms with Gasteiger partial charge in [0.05, 0.1) is 17.8 Å². The Hall–Kier alpha value is -4.78. The van der Waals surface area contributed by atoms with Crippen LogP contribution in [0, 0.1) is 18.3 Å². The lowest BCUT2D eigenvalue weighted by Crippen LogP contribution is -2.29. The van der Waals surface area contributed by atoms with E-state index >= 15 is 0 Å². The van der Waals surface area contributed by atoms with Gasteiger partial charge in [0, 0.05) is 30.8 Å². The molecule has 0 bridgehead atoms. The van der Waals surface area contributed by atoms with Gasteiger partial charge >= 0.3 is 0 Å². The van der Waals surface area contributed by atoms with Gasteiger partial charge in [-0.1, -0.05) is 36.3 Å². The molecule has 10 nitrogen and oxygen atoms in total. The molecule has 35 heavy (non-hydrogen) atoms. The van der Waals surface area contributed by atoms with Crippen molar-refractivity contribution in [2.45, 2.75) is 25.7 Å². The van der Waals surface area contributed by atoms with E-state index in [0.717, 1.165) is 16.8 Å². The van der Waals surface area contributed by atoms with Gasteiger partial charge in [-0.25, -0.2) is 4.98 Å². The van der Waals surface area contributed by atoms with Gasteiger partial charge in [-0.2, -0.15) is 5.26 Å². The lowest BCUT2D eigenvalue weighted by atomic mass is 9.79. The van der Waals surface area contributed by atoms with Gasteiger partial charge in [0.2, 0.25) is 5.75 Å². The molecule has 3 heterocycles. The van der Waals surface area contributed by atoms with Gasteiger partial charge in [0.1, 0.15) is 17.8 Å². The summed E-state index contributed by atoms with van der Waals surface area (Å²) in [6.07, 6.45) is 4.21. The summed E-state index contributed by atoms with van der Waals surface area (Å²) in [4.78, 5) is 34.5. The number of benzene rings is 1. The van der Waals surface area contributed by atoms with Gasteiger partial charge in [-0.05, 0) is 30.2 Å². The van der Waals surface area contributed by atoms with E-state index in [0.29, 0.717) is 5.56 Å². The highest BCUT2D eigenvalue weighted by atomic mass is 16.5. The SMILES string of the molecule is Cc1ccc([C@@H](c2ccccc2C#N)[C@H](C)c2nc(C(=O)Nc3cnoc3)c(O)c(=O)n2C)cn1. The van der Waals surface area contributed by atoms with Gasteiger partial charge in [0.25, 0.3) is 11.5 Å². The third-order valence-electron chi connectivity index (χ3n) is 5.82. The summed E-state index contributed by atoms with van der Waals surface area (Å²) in [6.45, 7) is 3.72. The number of nitrogens with zero attached hydrogens (tertiary/aromatic N) is 5. The molecule has 0 spiro atoms. The van der Waals surface area contributed by atoms with E-state index in [4.69, 9.17) is 4.52 Å². The van der Waals surface area contributed by atoms with Crippen LogP contribution < -0.4 is 10.9 Å². The number of pyridine rings is 1. The van der Waals surface area contributed by atoms with Crippen LogP contribution in [-0.2, 0) is 7.05 Å². The number of aromatic hydroxyl groups is 1. The summed E-state index contributed by atoms with van der Waals surface area (Å²) in [5.74, 6) is -2.22. The van der Waals surface area contributed by atoms with Crippen molar-refractivity contribution in [2.24, 2.45) is 7.05 Å². The number of rotatable bonds is 6. The van der Waals surface area contributed by atoms with Crippen molar-refractivity contribution in [1.82, 2.24) is 19.7 Å². The lowest BCUT2D eigenvalue weighted by Gasteiger charge is -2.27. The van der Waals surface area contributed by atoms with Crippen molar-refractivity contribution in [3.8, 4) is 11.8 Å². The maximum absolute atomic E-state index is 12.9. The van der Waals surface area contributed by atoms with Crippen molar-refractivity contribution < 1.29 is 14.4 Å². The maximum Gasteiger partial charge on any atom is 0.296 e. The van der Waals surface area contributed by atoms with E-state index in [1.54, 1.807) is 18.3 Å². The fraction of sp³-hybridized carbons (Fsp3) is 0.200. The Morgan fingerprint density at radius 1 is 1.23 bits per heavy atom. The first-order chi connectivity index (χ1) is 16.8. The third kappa shape index (κ3) is 4.52. The van der Waals surface area contributed by atoms with E-state index in [-0.39, 0.29) is 11.5 Å². The summed E-state index contributed by atoms with van der Waals surface area (Å²) in [7, 11) is 1.48. The number of anilines is 1. The molecule has 1 amide bonds. The molecule has 0 saturated heterocycles. The number of aryl methyl sites for hydroxylation is 1. The summed E-state index contributed by atoms with van der Waals surface area (Å²) in [5.41, 5.74) is 1.89. The fourth-order valence-corrected chi connectivity index (χ4v) is 4.05. The van der Waals surface area contributed by atoms with Crippen LogP contribution in [-0.4, -0.2) is 30.7 Å². The predicted octanol–water partition coefficient (Wildman–Crippen LogP) is 3.24. The zero-order chi connectivity index (χ0) is 25.1. The highest BCUT2D eigenvalue weighted by Crippen LogP contribution is 2.39. The number of nitriles is 1. The minimum absolute atomic E-state index is 0.248.